The third kappa shape index (κ3) is 4.14. The number of nitrogens with zero attached hydrogens (tertiary/aromatic N) is 1. The van der Waals surface area contributed by atoms with Crippen LogP contribution in [0, 0.1) is 13.8 Å². The molecular formula is C20H28N4O3. The fourth-order valence-corrected chi connectivity index (χ4v) is 3.88. The third-order valence-corrected chi connectivity index (χ3v) is 5.24. The van der Waals surface area contributed by atoms with Crippen molar-refractivity contribution in [3.63, 3.8) is 0 Å². The molecule has 1 aromatic carbocycles. The summed E-state index contributed by atoms with van der Waals surface area (Å²) in [4.78, 5) is 29.6. The summed E-state index contributed by atoms with van der Waals surface area (Å²) in [5.41, 5.74) is 4.57. The Kier molecular flexibility index (Phi) is 5.82. The quantitative estimate of drug-likeness (QED) is 0.607. The number of rotatable bonds is 6. The maximum Gasteiger partial charge on any atom is 0.245 e. The van der Waals surface area contributed by atoms with E-state index in [1.165, 1.54) is 16.5 Å². The van der Waals surface area contributed by atoms with Crippen molar-refractivity contribution in [2.75, 3.05) is 19.7 Å². The second kappa shape index (κ2) is 8.10. The Labute approximate surface area is 159 Å². The molecule has 1 aliphatic heterocycles. The lowest BCUT2D eigenvalue weighted by Gasteiger charge is -2.23. The number of likely N-dealkylation sites (tertiary alicyclic amines) is 1. The lowest BCUT2D eigenvalue weighted by atomic mass is 10.1. The summed E-state index contributed by atoms with van der Waals surface area (Å²) in [6.45, 7) is 7.27. The number of carbonyl (C=O) groups is 2. The molecule has 0 bridgehead atoms. The number of aliphatic hydroxyl groups is 1. The zero-order valence-corrected chi connectivity index (χ0v) is 16.1. The average Bonchev–Trinajstić information content (AvgIpc) is 3.17. The van der Waals surface area contributed by atoms with Gasteiger partial charge in [0.1, 0.15) is 6.61 Å². The van der Waals surface area contributed by atoms with E-state index in [9.17, 15) is 9.59 Å². The fourth-order valence-electron chi connectivity index (χ4n) is 3.88. The lowest BCUT2D eigenvalue weighted by Crippen LogP contribution is -2.42. The van der Waals surface area contributed by atoms with E-state index in [1.54, 1.807) is 0 Å². The highest BCUT2D eigenvalue weighted by molar-refractivity contribution is 5.85. The molecule has 2 amide bonds. The number of hydrogen-bond donors (Lipinski definition) is 4. The molecule has 0 aliphatic carbocycles. The molecule has 0 spiro atoms. The summed E-state index contributed by atoms with van der Waals surface area (Å²) in [5, 5.41) is 15.9. The van der Waals surface area contributed by atoms with Gasteiger partial charge in [-0.3, -0.25) is 14.5 Å². The third-order valence-electron chi connectivity index (χ3n) is 5.24. The average molecular weight is 372 g/mol. The topological polar surface area (TPSA) is 97.5 Å². The first kappa shape index (κ1) is 19.4. The first-order chi connectivity index (χ1) is 12.9. The predicted octanol–water partition coefficient (Wildman–Crippen LogP) is 0.972. The van der Waals surface area contributed by atoms with Crippen LogP contribution >= 0.6 is 0 Å². The van der Waals surface area contributed by atoms with Gasteiger partial charge in [0.2, 0.25) is 11.8 Å². The number of carbonyl (C=O) groups excluding carboxylic acids is 2. The van der Waals surface area contributed by atoms with Gasteiger partial charge in [-0.25, -0.2) is 0 Å². The maximum absolute atomic E-state index is 12.5. The molecule has 2 aromatic rings. The number of aromatic nitrogens is 1. The summed E-state index contributed by atoms with van der Waals surface area (Å²) < 4.78 is 0. The van der Waals surface area contributed by atoms with E-state index >= 15 is 0 Å². The van der Waals surface area contributed by atoms with Gasteiger partial charge in [-0.1, -0.05) is 11.6 Å². The highest BCUT2D eigenvalue weighted by Crippen LogP contribution is 2.27. The van der Waals surface area contributed by atoms with Gasteiger partial charge in [0.15, 0.2) is 0 Å². The molecule has 27 heavy (non-hydrogen) atoms. The normalized spacial score (nSPS) is 20.1. The van der Waals surface area contributed by atoms with E-state index in [0.29, 0.717) is 26.1 Å². The van der Waals surface area contributed by atoms with Crippen LogP contribution in [0.5, 0.6) is 0 Å². The van der Waals surface area contributed by atoms with Crippen LogP contribution in [0.4, 0.5) is 0 Å². The second-order valence-electron chi connectivity index (χ2n) is 7.28. The number of aliphatic hydroxyl groups excluding tert-OH is 1. The number of nitrogens with one attached hydrogen (secondary N) is 3. The minimum absolute atomic E-state index is 0.0251. The molecule has 146 valence electrons. The molecule has 2 heterocycles. The summed E-state index contributed by atoms with van der Waals surface area (Å²) in [5.74, 6) is -0.434. The molecule has 0 radical (unpaired) electrons. The van der Waals surface area contributed by atoms with Gasteiger partial charge < -0.3 is 20.7 Å². The standard InChI is InChI=1S/C20H28N4O3/c1-4-21-20(27)18-8-14(22-19(26)11-25)9-24(18)10-17-13(3)15-7-12(2)5-6-16(15)23-17/h5-7,14,18,23,25H,4,8-11H2,1-3H3,(H,21,27)(H,22,26)/t14-,18-/m0/s1. The molecule has 3 rings (SSSR count). The van der Waals surface area contributed by atoms with Crippen molar-refractivity contribution in [3.8, 4) is 0 Å². The Hall–Kier alpha value is -2.38. The molecule has 2 atom stereocenters. The second-order valence-corrected chi connectivity index (χ2v) is 7.28. The summed E-state index contributed by atoms with van der Waals surface area (Å²) in [6.07, 6.45) is 0.538. The number of H-pyrrole nitrogens is 1. The largest absolute Gasteiger partial charge is 0.387 e. The van der Waals surface area contributed by atoms with Crippen LogP contribution in [0.1, 0.15) is 30.2 Å². The van der Waals surface area contributed by atoms with E-state index in [-0.39, 0.29) is 18.0 Å². The van der Waals surface area contributed by atoms with E-state index in [2.05, 4.69) is 52.6 Å². The number of hydrogen-bond acceptors (Lipinski definition) is 4. The molecule has 0 unspecified atom stereocenters. The van der Waals surface area contributed by atoms with Crippen molar-refractivity contribution in [2.24, 2.45) is 0 Å². The highest BCUT2D eigenvalue weighted by atomic mass is 16.3. The molecule has 1 fully saturated rings. The van der Waals surface area contributed by atoms with E-state index < -0.39 is 12.5 Å². The summed E-state index contributed by atoms with van der Waals surface area (Å²) in [6, 6.07) is 5.87. The Bertz CT molecular complexity index is 845. The zero-order valence-electron chi connectivity index (χ0n) is 16.1. The molecule has 1 aliphatic rings. The van der Waals surface area contributed by atoms with Crippen LogP contribution in [0.25, 0.3) is 10.9 Å². The first-order valence-electron chi connectivity index (χ1n) is 9.42. The fraction of sp³-hybridized carbons (Fsp3) is 0.500. The molecule has 1 aromatic heterocycles. The molecule has 7 heteroatoms. The van der Waals surface area contributed by atoms with Gasteiger partial charge in [-0.15, -0.1) is 0 Å². The molecular weight excluding hydrogens is 344 g/mol. The van der Waals surface area contributed by atoms with E-state index in [1.807, 2.05) is 6.92 Å². The predicted molar refractivity (Wildman–Crippen MR) is 104 cm³/mol. The number of benzene rings is 1. The Morgan fingerprint density at radius 1 is 1.33 bits per heavy atom. The molecule has 7 nitrogen and oxygen atoms in total. The van der Waals surface area contributed by atoms with Crippen LogP contribution < -0.4 is 10.6 Å². The molecule has 4 N–H and O–H groups in total. The van der Waals surface area contributed by atoms with Crippen LogP contribution in [0.3, 0.4) is 0 Å². The SMILES string of the molecule is CCNC(=O)[C@@H]1C[C@H](NC(=O)CO)CN1Cc1[nH]c2ccc(C)cc2c1C. The summed E-state index contributed by atoms with van der Waals surface area (Å²) >= 11 is 0. The lowest BCUT2D eigenvalue weighted by molar-refractivity contribution is -0.126. The van der Waals surface area contributed by atoms with Crippen LogP contribution in [0.15, 0.2) is 18.2 Å². The van der Waals surface area contributed by atoms with Crippen molar-refractivity contribution in [1.29, 1.82) is 0 Å². The Morgan fingerprint density at radius 3 is 2.81 bits per heavy atom. The number of fused-ring (bicyclic) bond motifs is 1. The van der Waals surface area contributed by atoms with Gasteiger partial charge >= 0.3 is 0 Å². The maximum atomic E-state index is 12.5. The van der Waals surface area contributed by atoms with Gasteiger partial charge in [0.25, 0.3) is 0 Å². The minimum Gasteiger partial charge on any atom is -0.387 e. The Morgan fingerprint density at radius 2 is 2.11 bits per heavy atom. The summed E-state index contributed by atoms with van der Waals surface area (Å²) in [7, 11) is 0. The van der Waals surface area contributed by atoms with Gasteiger partial charge in [0, 0.05) is 42.3 Å². The zero-order chi connectivity index (χ0) is 19.6. The van der Waals surface area contributed by atoms with E-state index in [4.69, 9.17) is 5.11 Å². The van der Waals surface area contributed by atoms with Crippen molar-refractivity contribution in [3.05, 3.63) is 35.0 Å². The number of aromatic amines is 1. The number of likely N-dealkylation sites (N-methyl/N-ethyl adjacent to an activating group) is 1. The first-order valence-corrected chi connectivity index (χ1v) is 9.42. The highest BCUT2D eigenvalue weighted by Gasteiger charge is 2.37. The minimum atomic E-state index is -0.539. The monoisotopic (exact) mass is 372 g/mol. The van der Waals surface area contributed by atoms with Crippen LogP contribution in [-0.2, 0) is 16.1 Å². The number of aryl methyl sites for hydroxylation is 2. The van der Waals surface area contributed by atoms with Gasteiger partial charge in [-0.2, -0.15) is 0 Å². The van der Waals surface area contributed by atoms with Crippen molar-refractivity contribution in [2.45, 2.75) is 45.8 Å². The van der Waals surface area contributed by atoms with Crippen LogP contribution in [-0.4, -0.2) is 58.6 Å². The van der Waals surface area contributed by atoms with Crippen molar-refractivity contribution in [1.82, 2.24) is 20.5 Å². The van der Waals surface area contributed by atoms with Gasteiger partial charge in [-0.05, 0) is 44.9 Å². The molecule has 1 saturated heterocycles. The number of amides is 2. The molecule has 0 saturated carbocycles. The van der Waals surface area contributed by atoms with Gasteiger partial charge in [0.05, 0.1) is 6.04 Å². The van der Waals surface area contributed by atoms with E-state index in [0.717, 1.165) is 11.2 Å². The van der Waals surface area contributed by atoms with Crippen molar-refractivity contribution < 1.29 is 14.7 Å². The van der Waals surface area contributed by atoms with Crippen LogP contribution in [0.2, 0.25) is 0 Å². The smallest absolute Gasteiger partial charge is 0.245 e. The van der Waals surface area contributed by atoms with Crippen molar-refractivity contribution >= 4 is 22.7 Å². The Balaban J connectivity index is 1.82.